The molecule has 1 N–H and O–H groups in total. The third kappa shape index (κ3) is 2.69. The van der Waals surface area contributed by atoms with E-state index in [0.717, 1.165) is 30.0 Å². The molecule has 0 saturated carbocycles. The minimum Gasteiger partial charge on any atom is -0.347 e. The number of nitrogens with one attached hydrogen (secondary N) is 1. The van der Waals surface area contributed by atoms with Gasteiger partial charge in [-0.15, -0.1) is 0 Å². The van der Waals surface area contributed by atoms with Crippen LogP contribution in [-0.4, -0.2) is 52.4 Å². The van der Waals surface area contributed by atoms with Crippen molar-refractivity contribution < 1.29 is 4.79 Å². The number of carbonyl (C=O) groups excluding carboxylic acids is 1. The molecule has 21 heavy (non-hydrogen) atoms. The highest BCUT2D eigenvalue weighted by atomic mass is 16.2. The number of likely N-dealkylation sites (N-methyl/N-ethyl adjacent to an activating group) is 1. The molecular weight excluding hydrogens is 264 g/mol. The van der Waals surface area contributed by atoms with Crippen LogP contribution in [0.3, 0.4) is 0 Å². The van der Waals surface area contributed by atoms with Crippen molar-refractivity contribution in [3.8, 4) is 0 Å². The molecule has 0 spiro atoms. The van der Waals surface area contributed by atoms with Crippen molar-refractivity contribution in [3.63, 3.8) is 0 Å². The van der Waals surface area contributed by atoms with Crippen molar-refractivity contribution in [2.24, 2.45) is 0 Å². The van der Waals surface area contributed by atoms with Crippen LogP contribution in [0.15, 0.2) is 36.7 Å². The average Bonchev–Trinajstić information content (AvgIpc) is 3.01. The predicted molar refractivity (Wildman–Crippen MR) is 81.0 cm³/mol. The second kappa shape index (κ2) is 5.69. The Morgan fingerprint density at radius 2 is 2.14 bits per heavy atom. The summed E-state index contributed by atoms with van der Waals surface area (Å²) in [6.07, 6.45) is 3.58. The zero-order valence-corrected chi connectivity index (χ0v) is 12.4. The first-order valence-electron chi connectivity index (χ1n) is 7.21. The third-order valence-electron chi connectivity index (χ3n) is 4.15. The number of hydrogen-bond donors (Lipinski definition) is 1. The summed E-state index contributed by atoms with van der Waals surface area (Å²) in [5.74, 6) is 1.03. The highest BCUT2D eigenvalue weighted by Gasteiger charge is 2.30. The van der Waals surface area contributed by atoms with E-state index in [-0.39, 0.29) is 11.9 Å². The Kier molecular flexibility index (Phi) is 3.75. The van der Waals surface area contributed by atoms with E-state index in [9.17, 15) is 4.79 Å². The Hall–Kier alpha value is -2.14. The topological polar surface area (TPSA) is 52.2 Å². The SMILES string of the molecule is Cc1ccccc1C(=O)N1CCN(C)C(c2ncc[nH]2)C1. The number of aromatic nitrogens is 2. The summed E-state index contributed by atoms with van der Waals surface area (Å²) >= 11 is 0. The minimum atomic E-state index is 0.109. The molecule has 3 rings (SSSR count). The molecule has 0 radical (unpaired) electrons. The highest BCUT2D eigenvalue weighted by Crippen LogP contribution is 2.23. The van der Waals surface area contributed by atoms with E-state index >= 15 is 0 Å². The Bertz CT molecular complexity index is 623. The standard InChI is InChI=1S/C16H20N4O/c1-12-5-3-4-6-13(12)16(21)20-10-9-19(2)14(11-20)15-17-7-8-18-15/h3-8,14H,9-11H2,1-2H3,(H,17,18). The van der Waals surface area contributed by atoms with Gasteiger partial charge in [-0.1, -0.05) is 18.2 Å². The molecule has 5 heteroatoms. The van der Waals surface area contributed by atoms with Crippen LogP contribution in [0.2, 0.25) is 0 Å². The number of piperazine rings is 1. The average molecular weight is 284 g/mol. The molecule has 1 saturated heterocycles. The van der Waals surface area contributed by atoms with Crippen molar-refractivity contribution >= 4 is 5.91 Å². The second-order valence-electron chi connectivity index (χ2n) is 5.54. The first-order valence-corrected chi connectivity index (χ1v) is 7.21. The van der Waals surface area contributed by atoms with Gasteiger partial charge in [0.05, 0.1) is 6.04 Å². The van der Waals surface area contributed by atoms with Gasteiger partial charge < -0.3 is 9.88 Å². The van der Waals surface area contributed by atoms with Gasteiger partial charge in [-0.25, -0.2) is 4.98 Å². The maximum atomic E-state index is 12.7. The van der Waals surface area contributed by atoms with Gasteiger partial charge in [-0.3, -0.25) is 9.69 Å². The van der Waals surface area contributed by atoms with Gasteiger partial charge in [0.25, 0.3) is 5.91 Å². The van der Waals surface area contributed by atoms with E-state index in [0.29, 0.717) is 6.54 Å². The van der Waals surface area contributed by atoms with E-state index < -0.39 is 0 Å². The molecule has 0 bridgehead atoms. The number of H-pyrrole nitrogens is 1. The molecular formula is C16H20N4O. The smallest absolute Gasteiger partial charge is 0.254 e. The lowest BCUT2D eigenvalue weighted by molar-refractivity contribution is 0.0534. The number of nitrogens with zero attached hydrogens (tertiary/aromatic N) is 3. The lowest BCUT2D eigenvalue weighted by atomic mass is 10.1. The summed E-state index contributed by atoms with van der Waals surface area (Å²) in [6.45, 7) is 4.24. The Balaban J connectivity index is 1.80. The maximum Gasteiger partial charge on any atom is 0.254 e. The molecule has 1 aliphatic heterocycles. The number of aryl methyl sites for hydroxylation is 1. The molecule has 0 aliphatic carbocycles. The fraction of sp³-hybridized carbons (Fsp3) is 0.375. The Labute approximate surface area is 124 Å². The van der Waals surface area contributed by atoms with Crippen LogP contribution in [-0.2, 0) is 0 Å². The Morgan fingerprint density at radius 3 is 2.86 bits per heavy atom. The first kappa shape index (κ1) is 13.8. The van der Waals surface area contributed by atoms with Gasteiger partial charge in [0.1, 0.15) is 5.82 Å². The molecule has 1 fully saturated rings. The molecule has 1 aromatic carbocycles. The van der Waals surface area contributed by atoms with Gasteiger partial charge >= 0.3 is 0 Å². The fourth-order valence-corrected chi connectivity index (χ4v) is 2.80. The predicted octanol–water partition coefficient (Wildman–Crippen LogP) is 1.85. The number of amides is 1. The van der Waals surface area contributed by atoms with Crippen molar-refractivity contribution in [1.82, 2.24) is 19.8 Å². The normalized spacial score (nSPS) is 19.7. The van der Waals surface area contributed by atoms with Gasteiger partial charge in [0.15, 0.2) is 0 Å². The van der Waals surface area contributed by atoms with Gasteiger partial charge in [0.2, 0.25) is 0 Å². The maximum absolute atomic E-state index is 12.7. The quantitative estimate of drug-likeness (QED) is 0.915. The molecule has 2 heterocycles. The van der Waals surface area contributed by atoms with E-state index in [2.05, 4.69) is 21.9 Å². The van der Waals surface area contributed by atoms with E-state index in [1.165, 1.54) is 0 Å². The third-order valence-corrected chi connectivity index (χ3v) is 4.15. The van der Waals surface area contributed by atoms with Crippen molar-refractivity contribution in [1.29, 1.82) is 0 Å². The van der Waals surface area contributed by atoms with E-state index in [1.54, 1.807) is 6.20 Å². The summed E-state index contributed by atoms with van der Waals surface area (Å²) in [5, 5.41) is 0. The van der Waals surface area contributed by atoms with Crippen molar-refractivity contribution in [2.75, 3.05) is 26.7 Å². The molecule has 5 nitrogen and oxygen atoms in total. The van der Waals surface area contributed by atoms with Crippen LogP contribution in [0.25, 0.3) is 0 Å². The zero-order valence-electron chi connectivity index (χ0n) is 12.4. The van der Waals surface area contributed by atoms with Gasteiger partial charge in [0, 0.05) is 37.6 Å². The van der Waals surface area contributed by atoms with Crippen LogP contribution in [0.4, 0.5) is 0 Å². The second-order valence-corrected chi connectivity index (χ2v) is 5.54. The van der Waals surface area contributed by atoms with Gasteiger partial charge in [-0.2, -0.15) is 0 Å². The van der Waals surface area contributed by atoms with Crippen LogP contribution in [0.1, 0.15) is 27.8 Å². The van der Waals surface area contributed by atoms with E-state index in [1.807, 2.05) is 42.3 Å². The molecule has 1 amide bonds. The minimum absolute atomic E-state index is 0.109. The molecule has 1 aromatic heterocycles. The summed E-state index contributed by atoms with van der Waals surface area (Å²) in [4.78, 5) is 24.4. The summed E-state index contributed by atoms with van der Waals surface area (Å²) in [6, 6.07) is 7.88. The molecule has 1 aliphatic rings. The summed E-state index contributed by atoms with van der Waals surface area (Å²) < 4.78 is 0. The largest absolute Gasteiger partial charge is 0.347 e. The number of benzene rings is 1. The zero-order chi connectivity index (χ0) is 14.8. The molecule has 1 atom stereocenters. The van der Waals surface area contributed by atoms with Crippen molar-refractivity contribution in [2.45, 2.75) is 13.0 Å². The number of hydrogen-bond acceptors (Lipinski definition) is 3. The summed E-state index contributed by atoms with van der Waals surface area (Å²) in [5.41, 5.74) is 1.82. The summed E-state index contributed by atoms with van der Waals surface area (Å²) in [7, 11) is 2.07. The number of aromatic amines is 1. The number of imidazole rings is 1. The monoisotopic (exact) mass is 284 g/mol. The molecule has 2 aromatic rings. The van der Waals surface area contributed by atoms with Crippen LogP contribution >= 0.6 is 0 Å². The lowest BCUT2D eigenvalue weighted by Crippen LogP contribution is -2.49. The lowest BCUT2D eigenvalue weighted by Gasteiger charge is -2.38. The van der Waals surface area contributed by atoms with Crippen LogP contribution in [0.5, 0.6) is 0 Å². The first-order chi connectivity index (χ1) is 10.2. The number of carbonyl (C=O) groups is 1. The number of rotatable bonds is 2. The van der Waals surface area contributed by atoms with Gasteiger partial charge in [-0.05, 0) is 25.6 Å². The fourth-order valence-electron chi connectivity index (χ4n) is 2.80. The van der Waals surface area contributed by atoms with Crippen LogP contribution < -0.4 is 0 Å². The van der Waals surface area contributed by atoms with E-state index in [4.69, 9.17) is 0 Å². The van der Waals surface area contributed by atoms with Crippen LogP contribution in [0, 0.1) is 6.92 Å². The van der Waals surface area contributed by atoms with Crippen molar-refractivity contribution in [3.05, 3.63) is 53.6 Å². The highest BCUT2D eigenvalue weighted by molar-refractivity contribution is 5.95. The molecule has 1 unspecified atom stereocenters. The Morgan fingerprint density at radius 1 is 1.33 bits per heavy atom. The molecule has 110 valence electrons.